The molecule has 0 amide bonds. The van der Waals surface area contributed by atoms with Gasteiger partial charge in [0.25, 0.3) is 5.56 Å². The molecule has 1 saturated heterocycles. The monoisotopic (exact) mass is 296 g/mol. The molecule has 9 nitrogen and oxygen atoms in total. The van der Waals surface area contributed by atoms with Crippen LogP contribution in [0.3, 0.4) is 0 Å². The number of anilines is 1. The number of aromatic nitrogens is 3. The summed E-state index contributed by atoms with van der Waals surface area (Å²) in [5.41, 5.74) is 3.69. The lowest BCUT2D eigenvalue weighted by Crippen LogP contribution is -2.44. The molecule has 3 rings (SSSR count). The Hall–Kier alpha value is -1.94. The molecule has 4 atom stereocenters. The van der Waals surface area contributed by atoms with Crippen LogP contribution in [0.25, 0.3) is 11.0 Å². The molecule has 1 aliphatic heterocycles. The largest absolute Gasteiger partial charge is 0.394 e. The zero-order chi connectivity index (χ0) is 15.4. The van der Waals surface area contributed by atoms with Crippen molar-refractivity contribution in [1.29, 1.82) is 0 Å². The third kappa shape index (κ3) is 1.94. The van der Waals surface area contributed by atoms with E-state index in [4.69, 9.17) is 10.5 Å². The van der Waals surface area contributed by atoms with Gasteiger partial charge in [-0.3, -0.25) is 9.78 Å². The predicted molar refractivity (Wildman–Crippen MR) is 72.4 cm³/mol. The highest BCUT2D eigenvalue weighted by molar-refractivity contribution is 5.76. The van der Waals surface area contributed by atoms with E-state index in [1.165, 1.54) is 23.8 Å². The third-order valence-electron chi connectivity index (χ3n) is 3.79. The minimum absolute atomic E-state index is 0.0654. The molecule has 6 N–H and O–H groups in total. The first-order valence-corrected chi connectivity index (χ1v) is 6.39. The highest BCUT2D eigenvalue weighted by atomic mass is 16.6. The molecule has 1 fully saturated rings. The van der Waals surface area contributed by atoms with Gasteiger partial charge in [-0.2, -0.15) is 4.98 Å². The summed E-state index contributed by atoms with van der Waals surface area (Å²) < 4.78 is 6.91. The van der Waals surface area contributed by atoms with Crippen molar-refractivity contribution in [1.82, 2.24) is 14.5 Å². The van der Waals surface area contributed by atoms with Gasteiger partial charge in [-0.25, -0.2) is 0 Å². The van der Waals surface area contributed by atoms with E-state index in [2.05, 4.69) is 9.97 Å². The number of ether oxygens (including phenoxy) is 1. The Balaban J connectivity index is 2.15. The lowest BCUT2D eigenvalue weighted by Gasteiger charge is -2.27. The number of nitrogens with one attached hydrogen (secondary N) is 1. The first kappa shape index (κ1) is 14.0. The van der Waals surface area contributed by atoms with Crippen molar-refractivity contribution in [3.05, 3.63) is 22.6 Å². The normalized spacial score (nSPS) is 32.9. The summed E-state index contributed by atoms with van der Waals surface area (Å²) in [6.07, 6.45) is -1.69. The number of nitrogens with zero attached hydrogens (tertiary/aromatic N) is 2. The van der Waals surface area contributed by atoms with Gasteiger partial charge >= 0.3 is 0 Å². The Kier molecular flexibility index (Phi) is 3.02. The maximum atomic E-state index is 11.8. The van der Waals surface area contributed by atoms with Crippen LogP contribution in [0.2, 0.25) is 0 Å². The van der Waals surface area contributed by atoms with Crippen LogP contribution < -0.4 is 11.3 Å². The van der Waals surface area contributed by atoms with Gasteiger partial charge in [-0.05, 0) is 13.0 Å². The van der Waals surface area contributed by atoms with Crippen molar-refractivity contribution in [2.24, 2.45) is 0 Å². The average Bonchev–Trinajstić information content (AvgIpc) is 2.91. The predicted octanol–water partition coefficient (Wildman–Crippen LogP) is -1.69. The molecule has 1 unspecified atom stereocenters. The van der Waals surface area contributed by atoms with E-state index in [-0.39, 0.29) is 17.0 Å². The minimum atomic E-state index is -1.65. The number of nitrogens with two attached hydrogens (primary N) is 1. The van der Waals surface area contributed by atoms with Crippen LogP contribution in [0, 0.1) is 0 Å². The number of hydrogen-bond donors (Lipinski definition) is 5. The standard InChI is InChI=1S/C12H16N4O5/c1-12(20)7(18)6(4-17)21-10(12)16-3-2-5-8(16)14-11(13)15-9(5)19/h2-3,6-7,10,17-18,20H,4H2,1H3,(H3,13,14,15,19)/t6-,7+,10-,12?/m1/s1. The second kappa shape index (κ2) is 4.53. The quantitative estimate of drug-likeness (QED) is 0.444. The fourth-order valence-electron chi connectivity index (χ4n) is 2.64. The molecule has 0 radical (unpaired) electrons. The fourth-order valence-corrected chi connectivity index (χ4v) is 2.64. The Morgan fingerprint density at radius 1 is 1.62 bits per heavy atom. The molecule has 2 aromatic heterocycles. The van der Waals surface area contributed by atoms with Crippen LogP contribution in [0.4, 0.5) is 5.95 Å². The molecule has 0 aromatic carbocycles. The summed E-state index contributed by atoms with van der Waals surface area (Å²) in [5, 5.41) is 29.9. The van der Waals surface area contributed by atoms with Crippen LogP contribution in [-0.2, 0) is 4.74 Å². The molecule has 0 spiro atoms. The Morgan fingerprint density at radius 3 is 2.95 bits per heavy atom. The van der Waals surface area contributed by atoms with Gasteiger partial charge in [0.15, 0.2) is 11.9 Å². The Labute approximate surface area is 118 Å². The van der Waals surface area contributed by atoms with E-state index in [0.29, 0.717) is 0 Å². The van der Waals surface area contributed by atoms with Crippen molar-refractivity contribution in [3.63, 3.8) is 0 Å². The topological polar surface area (TPSA) is 147 Å². The third-order valence-corrected chi connectivity index (χ3v) is 3.79. The van der Waals surface area contributed by atoms with Crippen molar-refractivity contribution < 1.29 is 20.1 Å². The second-order valence-electron chi connectivity index (χ2n) is 5.29. The van der Waals surface area contributed by atoms with Crippen LogP contribution in [-0.4, -0.2) is 54.3 Å². The van der Waals surface area contributed by atoms with Gasteiger partial charge in [-0.15, -0.1) is 0 Å². The second-order valence-corrected chi connectivity index (χ2v) is 5.29. The van der Waals surface area contributed by atoms with Crippen molar-refractivity contribution in [3.8, 4) is 0 Å². The molecule has 3 heterocycles. The number of aromatic amines is 1. The highest BCUT2D eigenvalue weighted by Gasteiger charge is 2.53. The van der Waals surface area contributed by atoms with E-state index in [1.807, 2.05) is 0 Å². The van der Waals surface area contributed by atoms with Crippen LogP contribution in [0.5, 0.6) is 0 Å². The van der Waals surface area contributed by atoms with Crippen molar-refractivity contribution in [2.75, 3.05) is 12.3 Å². The van der Waals surface area contributed by atoms with Gasteiger partial charge < -0.3 is 30.4 Å². The van der Waals surface area contributed by atoms with Crippen molar-refractivity contribution in [2.45, 2.75) is 31.0 Å². The van der Waals surface area contributed by atoms with Gasteiger partial charge in [0.1, 0.15) is 17.8 Å². The number of fused-ring (bicyclic) bond motifs is 1. The summed E-state index contributed by atoms with van der Waals surface area (Å²) in [5.74, 6) is -0.0654. The number of nitrogen functional groups attached to an aromatic ring is 1. The smallest absolute Gasteiger partial charge is 0.261 e. The molecule has 0 bridgehead atoms. The maximum absolute atomic E-state index is 11.8. The van der Waals surface area contributed by atoms with Gasteiger partial charge in [0.05, 0.1) is 12.0 Å². The summed E-state index contributed by atoms with van der Waals surface area (Å²) in [6, 6.07) is 1.51. The number of aliphatic hydroxyl groups excluding tert-OH is 2. The summed E-state index contributed by atoms with van der Waals surface area (Å²) in [7, 11) is 0. The van der Waals surface area contributed by atoms with Crippen LogP contribution >= 0.6 is 0 Å². The average molecular weight is 296 g/mol. The Morgan fingerprint density at radius 2 is 2.33 bits per heavy atom. The molecule has 114 valence electrons. The summed E-state index contributed by atoms with van der Waals surface area (Å²) >= 11 is 0. The molecule has 0 aliphatic carbocycles. The number of rotatable bonds is 2. The molecular formula is C12H16N4O5. The summed E-state index contributed by atoms with van der Waals surface area (Å²) in [4.78, 5) is 18.2. The fraction of sp³-hybridized carbons (Fsp3) is 0.500. The van der Waals surface area contributed by atoms with Crippen LogP contribution in [0.15, 0.2) is 17.1 Å². The zero-order valence-corrected chi connectivity index (χ0v) is 11.2. The first-order valence-electron chi connectivity index (χ1n) is 6.39. The Bertz CT molecular complexity index is 737. The van der Waals surface area contributed by atoms with Crippen LogP contribution in [0.1, 0.15) is 13.2 Å². The molecular weight excluding hydrogens is 280 g/mol. The minimum Gasteiger partial charge on any atom is -0.394 e. The lowest BCUT2D eigenvalue weighted by molar-refractivity contribution is -0.0948. The molecule has 0 saturated carbocycles. The highest BCUT2D eigenvalue weighted by Crippen LogP contribution is 2.39. The molecule has 2 aromatic rings. The zero-order valence-electron chi connectivity index (χ0n) is 11.2. The van der Waals surface area contributed by atoms with E-state index in [0.717, 1.165) is 0 Å². The SMILES string of the molecule is CC1(O)[C@@H](O)[C@@H](CO)O[C@H]1n1ccc2c(=O)[nH]c(N)nc21. The molecule has 21 heavy (non-hydrogen) atoms. The molecule has 1 aliphatic rings. The number of H-pyrrole nitrogens is 1. The van der Waals surface area contributed by atoms with E-state index < -0.39 is 36.2 Å². The number of hydrogen-bond acceptors (Lipinski definition) is 7. The van der Waals surface area contributed by atoms with Crippen molar-refractivity contribution >= 4 is 17.0 Å². The van der Waals surface area contributed by atoms with Gasteiger partial charge in [0.2, 0.25) is 5.95 Å². The van der Waals surface area contributed by atoms with Gasteiger partial charge in [-0.1, -0.05) is 0 Å². The van der Waals surface area contributed by atoms with E-state index in [9.17, 15) is 20.1 Å². The first-order chi connectivity index (χ1) is 9.86. The molecule has 9 heteroatoms. The lowest BCUT2D eigenvalue weighted by atomic mass is 9.96. The van der Waals surface area contributed by atoms with E-state index in [1.54, 1.807) is 0 Å². The maximum Gasteiger partial charge on any atom is 0.261 e. The summed E-state index contributed by atoms with van der Waals surface area (Å²) in [6.45, 7) is 0.948. The number of aliphatic hydroxyl groups is 3. The van der Waals surface area contributed by atoms with E-state index >= 15 is 0 Å². The van der Waals surface area contributed by atoms with Gasteiger partial charge in [0, 0.05) is 6.20 Å².